The summed E-state index contributed by atoms with van der Waals surface area (Å²) in [6, 6.07) is 53.8. The lowest BCUT2D eigenvalue weighted by Gasteiger charge is -2.14. The predicted molar refractivity (Wildman–Crippen MR) is 210 cm³/mol. The van der Waals surface area contributed by atoms with E-state index in [0.29, 0.717) is 5.95 Å². The molecule has 7 aromatic carbocycles. The molecule has 0 fully saturated rings. The molecule has 232 valence electrons. The number of pyridine rings is 1. The van der Waals surface area contributed by atoms with E-state index in [4.69, 9.17) is 15.0 Å². The second-order valence-corrected chi connectivity index (χ2v) is 13.8. The Morgan fingerprint density at radius 2 is 1.24 bits per heavy atom. The molecule has 0 amide bonds. The molecule has 4 heterocycles. The maximum Gasteiger partial charge on any atom is 0.235 e. The van der Waals surface area contributed by atoms with Crippen LogP contribution < -0.4 is 0 Å². The minimum absolute atomic E-state index is 0.652. The second kappa shape index (κ2) is 10.5. The van der Waals surface area contributed by atoms with Crippen molar-refractivity contribution >= 4 is 85.8 Å². The van der Waals surface area contributed by atoms with Crippen LogP contribution in [0.1, 0.15) is 0 Å². The number of benzene rings is 7. The fourth-order valence-corrected chi connectivity index (χ4v) is 9.13. The van der Waals surface area contributed by atoms with Crippen molar-refractivity contribution < 1.29 is 0 Å². The highest BCUT2D eigenvalue weighted by Crippen LogP contribution is 2.48. The van der Waals surface area contributed by atoms with E-state index in [0.717, 1.165) is 49.8 Å². The van der Waals surface area contributed by atoms with Gasteiger partial charge in [0.15, 0.2) is 0 Å². The molecular weight excluding hydrogens is 629 g/mol. The largest absolute Gasteiger partial charge is 0.276 e. The molecule has 50 heavy (non-hydrogen) atoms. The lowest BCUT2D eigenvalue weighted by molar-refractivity contribution is 1.02. The Morgan fingerprint density at radius 1 is 0.500 bits per heavy atom. The average molecular weight is 655 g/mol. The summed E-state index contributed by atoms with van der Waals surface area (Å²) in [5, 5.41) is 10.8. The number of hydrogen-bond acceptors (Lipinski definition) is 4. The highest BCUT2D eigenvalue weighted by Gasteiger charge is 2.24. The molecule has 0 atom stereocenters. The van der Waals surface area contributed by atoms with Crippen molar-refractivity contribution in [2.24, 2.45) is 0 Å². The van der Waals surface area contributed by atoms with Crippen molar-refractivity contribution in [3.05, 3.63) is 158 Å². The van der Waals surface area contributed by atoms with Gasteiger partial charge in [-0.15, -0.1) is 11.3 Å². The smallest absolute Gasteiger partial charge is 0.235 e. The quantitative estimate of drug-likeness (QED) is 0.178. The number of aromatic nitrogens is 4. The Morgan fingerprint density at radius 3 is 2.08 bits per heavy atom. The van der Waals surface area contributed by atoms with Gasteiger partial charge in [0.1, 0.15) is 0 Å². The third kappa shape index (κ3) is 3.89. The zero-order valence-corrected chi connectivity index (χ0v) is 27.5. The molecule has 0 aliphatic heterocycles. The molecule has 4 aromatic heterocycles. The average Bonchev–Trinajstić information content (AvgIpc) is 3.75. The molecule has 11 rings (SSSR count). The van der Waals surface area contributed by atoms with Gasteiger partial charge in [0.05, 0.1) is 32.6 Å². The van der Waals surface area contributed by atoms with Gasteiger partial charge in [-0.25, -0.2) is 9.97 Å². The number of rotatable bonds is 3. The molecule has 0 saturated carbocycles. The first-order valence-corrected chi connectivity index (χ1v) is 17.6. The molecule has 0 bridgehead atoms. The van der Waals surface area contributed by atoms with Crippen LogP contribution in [0, 0.1) is 0 Å². The molecule has 0 radical (unpaired) electrons. The van der Waals surface area contributed by atoms with Gasteiger partial charge in [0.25, 0.3) is 0 Å². The highest BCUT2D eigenvalue weighted by atomic mass is 32.1. The van der Waals surface area contributed by atoms with E-state index in [1.165, 1.54) is 47.1 Å². The Labute approximate surface area is 290 Å². The first-order chi connectivity index (χ1) is 24.8. The van der Waals surface area contributed by atoms with Crippen molar-refractivity contribution in [1.29, 1.82) is 0 Å². The molecule has 11 aromatic rings. The lowest BCUT2D eigenvalue weighted by atomic mass is 9.98. The Bertz CT molecular complexity index is 3140. The molecular formula is C45H26N4S. The van der Waals surface area contributed by atoms with Gasteiger partial charge in [-0.2, -0.15) is 0 Å². The van der Waals surface area contributed by atoms with Gasteiger partial charge < -0.3 is 0 Å². The SMILES string of the molecule is c1ccc(-c2nc(-n3c4cc(-c5ccccn5)ccc4c4c5ccccc5c5c6ccccc6sc5c43)nc3ccc4ccccc4c23)cc1. The van der Waals surface area contributed by atoms with Crippen molar-refractivity contribution in [1.82, 2.24) is 19.5 Å². The van der Waals surface area contributed by atoms with E-state index in [2.05, 4.69) is 144 Å². The molecule has 0 saturated heterocycles. The summed E-state index contributed by atoms with van der Waals surface area (Å²) in [4.78, 5) is 15.7. The summed E-state index contributed by atoms with van der Waals surface area (Å²) in [6.45, 7) is 0. The minimum atomic E-state index is 0.652. The molecule has 0 unspecified atom stereocenters. The van der Waals surface area contributed by atoms with Gasteiger partial charge in [-0.1, -0.05) is 121 Å². The predicted octanol–water partition coefficient (Wildman–Crippen LogP) is 12.1. The molecule has 0 aliphatic rings. The van der Waals surface area contributed by atoms with Gasteiger partial charge in [0.2, 0.25) is 5.95 Å². The van der Waals surface area contributed by atoms with Crippen LogP contribution in [0.25, 0.3) is 103 Å². The Kier molecular flexibility index (Phi) is 5.80. The fraction of sp³-hybridized carbons (Fsp3) is 0. The molecule has 4 nitrogen and oxygen atoms in total. The second-order valence-electron chi connectivity index (χ2n) is 12.8. The van der Waals surface area contributed by atoms with E-state index in [-0.39, 0.29) is 0 Å². The zero-order chi connectivity index (χ0) is 32.8. The molecule has 0 spiro atoms. The maximum absolute atomic E-state index is 5.55. The molecule has 0 N–H and O–H groups in total. The normalized spacial score (nSPS) is 12.0. The zero-order valence-electron chi connectivity index (χ0n) is 26.7. The third-order valence-electron chi connectivity index (χ3n) is 10.0. The van der Waals surface area contributed by atoms with Crippen molar-refractivity contribution in [3.63, 3.8) is 0 Å². The topological polar surface area (TPSA) is 43.6 Å². The van der Waals surface area contributed by atoms with Crippen LogP contribution in [-0.2, 0) is 0 Å². The van der Waals surface area contributed by atoms with Crippen molar-refractivity contribution in [3.8, 4) is 28.5 Å². The number of thiophene rings is 1. The number of nitrogens with zero attached hydrogens (tertiary/aromatic N) is 4. The first-order valence-electron chi connectivity index (χ1n) is 16.8. The van der Waals surface area contributed by atoms with Gasteiger partial charge in [0, 0.05) is 49.0 Å². The van der Waals surface area contributed by atoms with E-state index in [1.54, 1.807) is 0 Å². The minimum Gasteiger partial charge on any atom is -0.276 e. The lowest BCUT2D eigenvalue weighted by Crippen LogP contribution is -2.04. The number of hydrogen-bond donors (Lipinski definition) is 0. The van der Waals surface area contributed by atoms with Crippen molar-refractivity contribution in [2.45, 2.75) is 0 Å². The monoisotopic (exact) mass is 654 g/mol. The fourth-order valence-electron chi connectivity index (χ4n) is 7.87. The van der Waals surface area contributed by atoms with Crippen LogP contribution in [0.15, 0.2) is 158 Å². The van der Waals surface area contributed by atoms with Crippen molar-refractivity contribution in [2.75, 3.05) is 0 Å². The van der Waals surface area contributed by atoms with Crippen LogP contribution in [0.2, 0.25) is 0 Å². The van der Waals surface area contributed by atoms with Gasteiger partial charge >= 0.3 is 0 Å². The number of fused-ring (bicyclic) bond motifs is 13. The van der Waals surface area contributed by atoms with Crippen LogP contribution in [0.5, 0.6) is 0 Å². The van der Waals surface area contributed by atoms with Crippen LogP contribution in [0.3, 0.4) is 0 Å². The molecule has 5 heteroatoms. The summed E-state index contributed by atoms with van der Waals surface area (Å²) in [7, 11) is 0. The summed E-state index contributed by atoms with van der Waals surface area (Å²) in [5.41, 5.74) is 7.06. The summed E-state index contributed by atoms with van der Waals surface area (Å²) >= 11 is 1.85. The maximum atomic E-state index is 5.55. The van der Waals surface area contributed by atoms with Crippen LogP contribution in [-0.4, -0.2) is 19.5 Å². The van der Waals surface area contributed by atoms with Crippen LogP contribution >= 0.6 is 11.3 Å². The Balaban J connectivity index is 1.37. The van der Waals surface area contributed by atoms with Gasteiger partial charge in [-0.05, 0) is 51.9 Å². The highest BCUT2D eigenvalue weighted by molar-refractivity contribution is 7.27. The molecule has 0 aliphatic carbocycles. The summed E-state index contributed by atoms with van der Waals surface area (Å²) in [5.74, 6) is 0.652. The first kappa shape index (κ1) is 27.5. The van der Waals surface area contributed by atoms with E-state index >= 15 is 0 Å². The van der Waals surface area contributed by atoms with Crippen LogP contribution in [0.4, 0.5) is 0 Å². The Hall–Kier alpha value is -6.43. The standard InChI is InChI=1S/C45H26N4S/c1-2-13-28(14-3-1)42-41-30-15-5-4-12-27(30)22-24-36(41)47-45(48-42)49-37-26-29(35-19-10-11-25-46-35)21-23-33(37)39-31-16-6-7-17-32(31)40-34-18-8-9-20-38(34)50-44(40)43(39)49/h1-26H. The van der Waals surface area contributed by atoms with Gasteiger partial charge in [-0.3, -0.25) is 9.55 Å². The van der Waals surface area contributed by atoms with E-state index < -0.39 is 0 Å². The van der Waals surface area contributed by atoms with E-state index in [1.807, 2.05) is 29.7 Å². The summed E-state index contributed by atoms with van der Waals surface area (Å²) < 4.78 is 4.82. The summed E-state index contributed by atoms with van der Waals surface area (Å²) in [6.07, 6.45) is 1.85. The van der Waals surface area contributed by atoms with E-state index in [9.17, 15) is 0 Å². The third-order valence-corrected chi connectivity index (χ3v) is 11.2.